The highest BCUT2D eigenvalue weighted by atomic mass is 16.2. The maximum atomic E-state index is 13.9. The maximum absolute atomic E-state index is 13.9. The summed E-state index contributed by atoms with van der Waals surface area (Å²) in [6, 6.07) is 7.68. The number of carbonyl (C=O) groups excluding carboxylic acids is 9. The van der Waals surface area contributed by atoms with Crippen molar-refractivity contribution in [1.29, 1.82) is 0 Å². The second-order valence-corrected chi connectivity index (χ2v) is 26.8. The Kier molecular flexibility index (Phi) is 38.0. The first-order valence-electron chi connectivity index (χ1n) is 35.2. The molecular formula is C68H118N22O9. The predicted octanol–water partition coefficient (Wildman–Crippen LogP) is 3.81. The van der Waals surface area contributed by atoms with Gasteiger partial charge >= 0.3 is 48.2 Å². The molecule has 0 spiro atoms. The highest BCUT2D eigenvalue weighted by Gasteiger charge is 2.26. The van der Waals surface area contributed by atoms with E-state index in [-0.39, 0.29) is 94.1 Å². The number of aromatic amines is 2. The summed E-state index contributed by atoms with van der Waals surface area (Å²) in [5.74, 6) is -0.542. The van der Waals surface area contributed by atoms with Crippen LogP contribution in [0.25, 0.3) is 21.8 Å². The first kappa shape index (κ1) is 82.5. The fourth-order valence-electron chi connectivity index (χ4n) is 11.1. The van der Waals surface area contributed by atoms with Crippen LogP contribution in [0.3, 0.4) is 0 Å². The van der Waals surface area contributed by atoms with Gasteiger partial charge in [0, 0.05) is 117 Å². The van der Waals surface area contributed by atoms with E-state index < -0.39 is 84.4 Å². The van der Waals surface area contributed by atoms with Gasteiger partial charge in [-0.15, -0.1) is 0 Å². The molecule has 2 heterocycles. The Morgan fingerprint density at radius 1 is 0.354 bits per heavy atom. The van der Waals surface area contributed by atoms with E-state index >= 15 is 0 Å². The van der Waals surface area contributed by atoms with Gasteiger partial charge in [-0.2, -0.15) is 0 Å². The summed E-state index contributed by atoms with van der Waals surface area (Å²) < 4.78 is 0. The summed E-state index contributed by atoms with van der Waals surface area (Å²) in [6.45, 7) is 17.1. The van der Waals surface area contributed by atoms with Gasteiger partial charge in [-0.3, -0.25) is 4.79 Å². The van der Waals surface area contributed by atoms with Gasteiger partial charge in [0.05, 0.1) is 24.2 Å². The first-order chi connectivity index (χ1) is 47.4. The minimum Gasteiger partial charge on any atom is -0.370 e. The zero-order valence-corrected chi connectivity index (χ0v) is 59.4. The maximum Gasteiger partial charge on any atom is 0.315 e. The third-order valence-electron chi connectivity index (χ3n) is 17.0. The number of hydrogen-bond acceptors (Lipinski definition) is 12. The van der Waals surface area contributed by atoms with Gasteiger partial charge < -0.3 is 118 Å². The molecule has 0 radical (unpaired) electrons. The van der Waals surface area contributed by atoms with E-state index in [4.69, 9.17) is 22.9 Å². The predicted molar refractivity (Wildman–Crippen MR) is 389 cm³/mol. The van der Waals surface area contributed by atoms with E-state index in [0.29, 0.717) is 96.7 Å². The zero-order chi connectivity index (χ0) is 72.7. The number of unbranched alkanes of at least 4 members (excludes halogenated alkanes) is 3. The summed E-state index contributed by atoms with van der Waals surface area (Å²) in [6.07, 6.45) is 10.6. The van der Waals surface area contributed by atoms with Gasteiger partial charge in [-0.1, -0.05) is 97.2 Å². The minimum absolute atomic E-state index is 0.0128. The summed E-state index contributed by atoms with van der Waals surface area (Å²) >= 11 is 0. The summed E-state index contributed by atoms with van der Waals surface area (Å²) in [7, 11) is 0. The molecule has 31 nitrogen and oxygen atoms in total. The average molecular weight is 1390 g/mol. The molecule has 0 saturated carbocycles. The van der Waals surface area contributed by atoms with Crippen LogP contribution in [0.1, 0.15) is 137 Å². The van der Waals surface area contributed by atoms with Crippen molar-refractivity contribution in [2.24, 2.45) is 40.7 Å². The van der Waals surface area contributed by atoms with Crippen molar-refractivity contribution < 1.29 is 43.2 Å². The molecule has 99 heavy (non-hydrogen) atoms. The molecule has 0 aliphatic heterocycles. The average Bonchev–Trinajstić information content (AvgIpc) is 1.73. The molecule has 0 bridgehead atoms. The standard InChI is InChI=1S/C68H118N22O9/c1-42(2)55(26-27-60(72)91)88-66(97)77-37-50(21-15-18-30-71)83-61(92)78-38-51(31-46-33-73-56-24-11-9-22-53(46)56)86-62(93)75-35-48(19-13-16-28-69)84-64(95)80-40-58(43(3)4)89-67(98)79-39-52(32-47-34-74-57-25-12-10-23-54(47)57)87-63(94)76-36-49(20-14-17-29-70)85-65(96)81-41-59(44(5)6)90-68(99)82-45(7)8/h9-12,22-25,33-34,42-45,48-52,55,58-59,73-74H,13-21,26-32,35-41,69-71H2,1-8H3,(H2,72,91)(H2,75,86,93)(H2,76,87,94)(H2,77,88,97)(H2,78,83,92)(H2,79,89,98)(H2,80,84,95)(H2,81,85,96)(H2,82,90,99)/t48-,49-,50-,51-,52-,55-,58+,59+/m0/s1. The zero-order valence-electron chi connectivity index (χ0n) is 59.4. The number of hydrogen-bond donors (Lipinski definition) is 22. The molecule has 0 aliphatic rings. The Hall–Kier alpha value is -8.97. The van der Waals surface area contributed by atoms with Crippen LogP contribution in [0.2, 0.25) is 0 Å². The van der Waals surface area contributed by atoms with Crippen molar-refractivity contribution in [2.45, 2.75) is 193 Å². The lowest BCUT2D eigenvalue weighted by molar-refractivity contribution is -0.118. The number of carbonyl (C=O) groups is 9. The lowest BCUT2D eigenvalue weighted by Gasteiger charge is -2.26. The molecule has 0 aliphatic carbocycles. The first-order valence-corrected chi connectivity index (χ1v) is 35.2. The number of nitrogens with two attached hydrogens (primary N) is 4. The molecule has 0 unspecified atom stereocenters. The normalized spacial score (nSPS) is 13.8. The Morgan fingerprint density at radius 2 is 0.657 bits per heavy atom. The lowest BCUT2D eigenvalue weighted by Crippen LogP contribution is -2.56. The van der Waals surface area contributed by atoms with Gasteiger partial charge in [0.15, 0.2) is 0 Å². The molecule has 31 heteroatoms. The number of aromatic nitrogens is 2. The van der Waals surface area contributed by atoms with E-state index in [2.05, 4.69) is 95.0 Å². The number of fused-ring (bicyclic) bond motifs is 2. The number of H-pyrrole nitrogens is 2. The molecule has 2 aromatic heterocycles. The summed E-state index contributed by atoms with van der Waals surface area (Å²) in [5.41, 5.74) is 26.4. The van der Waals surface area contributed by atoms with E-state index in [9.17, 15) is 43.2 Å². The van der Waals surface area contributed by atoms with E-state index in [1.54, 1.807) is 0 Å². The van der Waals surface area contributed by atoms with Crippen LogP contribution in [-0.4, -0.2) is 184 Å². The van der Waals surface area contributed by atoms with Gasteiger partial charge in [0.25, 0.3) is 0 Å². The van der Waals surface area contributed by atoms with Crippen LogP contribution >= 0.6 is 0 Å². The van der Waals surface area contributed by atoms with Gasteiger partial charge in [-0.25, -0.2) is 38.4 Å². The number of primary amides is 1. The summed E-state index contributed by atoms with van der Waals surface area (Å²) in [5, 5.41) is 48.7. The molecule has 0 fully saturated rings. The van der Waals surface area contributed by atoms with Crippen LogP contribution in [0.4, 0.5) is 38.4 Å². The SMILES string of the molecule is CC(C)NC(=O)N[C@H](CNC(=O)N[C@@H](CCCCN)CNC(=O)N[C@H](CNC(=O)N[C@H](CNC(=O)N[C@@H](CCCCN)CNC(=O)N[C@H](CNC(=O)N[C@@H](CCCCN)CNC(=O)N[C@@H](CCC(N)=O)C(C)C)Cc1c[nH]c2ccccc12)C(C)C)Cc1c[nH]c2ccccc12)C(C)C. The van der Waals surface area contributed by atoms with Crippen LogP contribution in [-0.2, 0) is 17.6 Å². The molecule has 4 aromatic rings. The molecule has 554 valence electrons. The van der Waals surface area contributed by atoms with Crippen LogP contribution in [0.15, 0.2) is 60.9 Å². The van der Waals surface area contributed by atoms with Gasteiger partial charge in [-0.05, 0) is 132 Å². The Labute approximate surface area is 583 Å². The molecular weight excluding hydrogens is 1270 g/mol. The smallest absolute Gasteiger partial charge is 0.315 e. The van der Waals surface area contributed by atoms with Crippen LogP contribution in [0.5, 0.6) is 0 Å². The molecule has 17 amide bonds. The molecule has 8 atom stereocenters. The van der Waals surface area contributed by atoms with Gasteiger partial charge in [0.1, 0.15) is 0 Å². The van der Waals surface area contributed by atoms with E-state index in [1.807, 2.05) is 116 Å². The van der Waals surface area contributed by atoms with Crippen molar-refractivity contribution in [3.05, 3.63) is 72.1 Å². The van der Waals surface area contributed by atoms with Crippen molar-refractivity contribution >= 4 is 76.0 Å². The fraction of sp³-hybridized carbons (Fsp3) is 0.632. The summed E-state index contributed by atoms with van der Waals surface area (Å²) in [4.78, 5) is 126. The topological polar surface area (TPSA) is 482 Å². The third kappa shape index (κ3) is 33.4. The number of benzene rings is 2. The van der Waals surface area contributed by atoms with Crippen molar-refractivity contribution in [2.75, 3.05) is 65.4 Å². The number of amides is 17. The lowest BCUT2D eigenvalue weighted by atomic mass is 9.99. The van der Waals surface area contributed by atoms with Crippen molar-refractivity contribution in [3.8, 4) is 0 Å². The third-order valence-corrected chi connectivity index (χ3v) is 17.0. The largest absolute Gasteiger partial charge is 0.370 e. The Balaban J connectivity index is 1.37. The molecule has 0 saturated heterocycles. The second-order valence-electron chi connectivity index (χ2n) is 26.8. The Morgan fingerprint density at radius 3 is 0.990 bits per heavy atom. The highest BCUT2D eigenvalue weighted by Crippen LogP contribution is 2.21. The van der Waals surface area contributed by atoms with Crippen LogP contribution < -0.4 is 108 Å². The molecule has 4 rings (SSSR count). The molecule has 26 N–H and O–H groups in total. The second kappa shape index (κ2) is 45.6. The number of nitrogens with one attached hydrogen (secondary N) is 18. The molecule has 2 aromatic carbocycles. The quantitative estimate of drug-likeness (QED) is 0.0281. The van der Waals surface area contributed by atoms with Crippen molar-refractivity contribution in [3.63, 3.8) is 0 Å². The highest BCUT2D eigenvalue weighted by molar-refractivity contribution is 5.85. The van der Waals surface area contributed by atoms with Crippen LogP contribution in [0, 0.1) is 17.8 Å². The fourth-order valence-corrected chi connectivity index (χ4v) is 11.1. The number of para-hydroxylation sites is 2. The number of rotatable bonds is 45. The van der Waals surface area contributed by atoms with Crippen molar-refractivity contribution in [1.82, 2.24) is 95.0 Å². The Bertz CT molecular complexity index is 3090. The minimum atomic E-state index is -0.620. The van der Waals surface area contributed by atoms with E-state index in [0.717, 1.165) is 32.9 Å². The van der Waals surface area contributed by atoms with Gasteiger partial charge in [0.2, 0.25) is 5.91 Å². The number of urea groups is 8. The monoisotopic (exact) mass is 1390 g/mol. The van der Waals surface area contributed by atoms with E-state index in [1.165, 1.54) is 0 Å².